The number of amides is 4. The topological polar surface area (TPSA) is 103 Å². The van der Waals surface area contributed by atoms with Crippen LogP contribution in [0.15, 0.2) is 24.3 Å². The van der Waals surface area contributed by atoms with Gasteiger partial charge in [0.15, 0.2) is 0 Å². The van der Waals surface area contributed by atoms with Gasteiger partial charge in [0, 0.05) is 13.1 Å². The second-order valence-corrected chi connectivity index (χ2v) is 11.1. The molecule has 0 aliphatic carbocycles. The molecule has 9 nitrogen and oxygen atoms in total. The molecule has 3 N–H and O–H groups in total. The lowest BCUT2D eigenvalue weighted by Gasteiger charge is -2.37. The summed E-state index contributed by atoms with van der Waals surface area (Å²) in [6.45, 7) is 11.1. The van der Waals surface area contributed by atoms with Gasteiger partial charge in [0.1, 0.15) is 11.9 Å². The molecule has 1 aromatic rings. The number of halogens is 1. The zero-order chi connectivity index (χ0) is 27.3. The van der Waals surface area contributed by atoms with E-state index in [2.05, 4.69) is 16.0 Å². The Morgan fingerprint density at radius 2 is 1.84 bits per heavy atom. The predicted octanol–water partition coefficient (Wildman–Crippen LogP) is 2.25. The molecule has 0 bridgehead atoms. The molecule has 37 heavy (non-hydrogen) atoms. The smallest absolute Gasteiger partial charge is 0.317 e. The number of likely N-dealkylation sites (N-methyl/N-ethyl adjacent to an activating group) is 1. The van der Waals surface area contributed by atoms with Gasteiger partial charge < -0.3 is 30.5 Å². The monoisotopic (exact) mass is 519 g/mol. The first-order valence-corrected chi connectivity index (χ1v) is 13.2. The van der Waals surface area contributed by atoms with E-state index in [0.29, 0.717) is 26.1 Å². The molecule has 10 heteroatoms. The van der Waals surface area contributed by atoms with E-state index >= 15 is 0 Å². The Hall–Kier alpha value is -2.72. The van der Waals surface area contributed by atoms with Crippen LogP contribution < -0.4 is 16.0 Å². The van der Waals surface area contributed by atoms with Gasteiger partial charge in [-0.3, -0.25) is 9.59 Å². The number of likely N-dealkylation sites (tertiary alicyclic amines) is 2. The highest BCUT2D eigenvalue weighted by molar-refractivity contribution is 5.90. The molecule has 0 saturated carbocycles. The summed E-state index contributed by atoms with van der Waals surface area (Å²) in [5.74, 6) is -0.746. The van der Waals surface area contributed by atoms with E-state index in [-0.39, 0.29) is 42.4 Å². The van der Waals surface area contributed by atoms with Gasteiger partial charge in [0.25, 0.3) is 0 Å². The van der Waals surface area contributed by atoms with Crippen LogP contribution in [0.4, 0.5) is 9.18 Å². The summed E-state index contributed by atoms with van der Waals surface area (Å²) in [6.07, 6.45) is 1.03. The van der Waals surface area contributed by atoms with Crippen molar-refractivity contribution in [3.05, 3.63) is 35.6 Å². The molecule has 1 aromatic carbocycles. The maximum atomic E-state index is 14.0. The van der Waals surface area contributed by atoms with E-state index in [4.69, 9.17) is 4.74 Å². The van der Waals surface area contributed by atoms with Crippen LogP contribution in [0, 0.1) is 11.2 Å². The third kappa shape index (κ3) is 6.78. The molecule has 2 fully saturated rings. The minimum Gasteiger partial charge on any atom is -0.369 e. The molecule has 5 atom stereocenters. The third-order valence-electron chi connectivity index (χ3n) is 7.25. The molecular weight excluding hydrogens is 477 g/mol. The van der Waals surface area contributed by atoms with Crippen molar-refractivity contribution in [2.45, 2.75) is 84.3 Å². The second kappa shape index (κ2) is 12.2. The van der Waals surface area contributed by atoms with Crippen molar-refractivity contribution < 1.29 is 23.5 Å². The largest absolute Gasteiger partial charge is 0.369 e. The molecule has 0 spiro atoms. The molecule has 3 rings (SSSR count). The summed E-state index contributed by atoms with van der Waals surface area (Å²) in [4.78, 5) is 43.2. The molecule has 2 aliphatic rings. The number of nitrogens with zero attached hydrogens (tertiary/aromatic N) is 2. The number of urea groups is 1. The average Bonchev–Trinajstić information content (AvgIpc) is 3.44. The van der Waals surface area contributed by atoms with E-state index in [1.165, 1.54) is 12.1 Å². The first-order valence-electron chi connectivity index (χ1n) is 13.2. The lowest BCUT2D eigenvalue weighted by Crippen LogP contribution is -2.59. The van der Waals surface area contributed by atoms with Crippen molar-refractivity contribution in [2.75, 3.05) is 26.7 Å². The van der Waals surface area contributed by atoms with Crippen LogP contribution in [-0.4, -0.2) is 84.6 Å². The fourth-order valence-corrected chi connectivity index (χ4v) is 5.00. The van der Waals surface area contributed by atoms with Gasteiger partial charge in [-0.15, -0.1) is 0 Å². The third-order valence-corrected chi connectivity index (χ3v) is 7.25. The van der Waals surface area contributed by atoms with Crippen LogP contribution in [0.25, 0.3) is 0 Å². The Labute approximate surface area is 219 Å². The molecule has 4 amide bonds. The predicted molar refractivity (Wildman–Crippen MR) is 139 cm³/mol. The summed E-state index contributed by atoms with van der Waals surface area (Å²) in [5, 5.41) is 8.80. The van der Waals surface area contributed by atoms with E-state index in [0.717, 1.165) is 12.0 Å². The maximum absolute atomic E-state index is 14.0. The van der Waals surface area contributed by atoms with Crippen LogP contribution in [0.5, 0.6) is 0 Å². The summed E-state index contributed by atoms with van der Waals surface area (Å²) in [7, 11) is 1.70. The molecule has 2 aliphatic heterocycles. The van der Waals surface area contributed by atoms with E-state index in [9.17, 15) is 18.8 Å². The van der Waals surface area contributed by atoms with Crippen molar-refractivity contribution in [1.82, 2.24) is 25.8 Å². The summed E-state index contributed by atoms with van der Waals surface area (Å²) < 4.78 is 19.6. The fourth-order valence-electron chi connectivity index (χ4n) is 5.00. The van der Waals surface area contributed by atoms with Crippen LogP contribution in [0.1, 0.15) is 53.0 Å². The molecule has 206 valence electrons. The van der Waals surface area contributed by atoms with Crippen molar-refractivity contribution in [3.63, 3.8) is 0 Å². The van der Waals surface area contributed by atoms with Crippen LogP contribution in [0.2, 0.25) is 0 Å². The first-order chi connectivity index (χ1) is 17.5. The van der Waals surface area contributed by atoms with E-state index < -0.39 is 23.6 Å². The minimum absolute atomic E-state index is 0.164. The molecule has 5 unspecified atom stereocenters. The van der Waals surface area contributed by atoms with Gasteiger partial charge in [-0.05, 0) is 49.9 Å². The summed E-state index contributed by atoms with van der Waals surface area (Å²) in [6, 6.07) is 4.22. The lowest BCUT2D eigenvalue weighted by atomic mass is 9.85. The number of carbonyl (C=O) groups excluding carboxylic acids is 3. The average molecular weight is 520 g/mol. The van der Waals surface area contributed by atoms with Gasteiger partial charge in [-0.2, -0.15) is 0 Å². The number of hydrogen-bond acceptors (Lipinski definition) is 5. The first kappa shape index (κ1) is 28.8. The van der Waals surface area contributed by atoms with Gasteiger partial charge in [0.2, 0.25) is 11.8 Å². The Kier molecular flexibility index (Phi) is 9.52. The molecule has 0 radical (unpaired) electrons. The Morgan fingerprint density at radius 3 is 2.43 bits per heavy atom. The van der Waals surface area contributed by atoms with Gasteiger partial charge in [0.05, 0.1) is 37.4 Å². The van der Waals surface area contributed by atoms with Gasteiger partial charge in [-0.1, -0.05) is 39.8 Å². The second-order valence-electron chi connectivity index (χ2n) is 11.1. The Bertz CT molecular complexity index is 951. The van der Waals surface area contributed by atoms with Crippen molar-refractivity contribution in [2.24, 2.45) is 5.41 Å². The highest BCUT2D eigenvalue weighted by Crippen LogP contribution is 2.36. The Balaban J connectivity index is 1.84. The fraction of sp³-hybridized carbons (Fsp3) is 0.667. The Morgan fingerprint density at radius 1 is 1.16 bits per heavy atom. The molecule has 0 aromatic heterocycles. The number of benzene rings is 1. The SMILES string of the molecule is CCCNC(=O)N1CC(OCc2ccc(F)cc2)C2C1CCN2C(=O)C(NC(=O)C(C)NC)C(C)(C)C. The van der Waals surface area contributed by atoms with Crippen LogP contribution in [-0.2, 0) is 20.9 Å². The maximum Gasteiger partial charge on any atom is 0.317 e. The number of carbonyl (C=O) groups is 3. The number of rotatable bonds is 9. The number of ether oxygens (including phenoxy) is 1. The van der Waals surface area contributed by atoms with Crippen LogP contribution >= 0.6 is 0 Å². The molecule has 2 heterocycles. The summed E-state index contributed by atoms with van der Waals surface area (Å²) >= 11 is 0. The lowest BCUT2D eigenvalue weighted by molar-refractivity contribution is -0.142. The quantitative estimate of drug-likeness (QED) is 0.465. The van der Waals surface area contributed by atoms with Crippen molar-refractivity contribution >= 4 is 17.8 Å². The highest BCUT2D eigenvalue weighted by Gasteiger charge is 2.54. The molecular formula is C27H42FN5O4. The zero-order valence-corrected chi connectivity index (χ0v) is 22.8. The normalized spacial score (nSPS) is 22.9. The van der Waals surface area contributed by atoms with Gasteiger partial charge in [-0.25, -0.2) is 9.18 Å². The van der Waals surface area contributed by atoms with Crippen LogP contribution in [0.3, 0.4) is 0 Å². The molecule has 2 saturated heterocycles. The number of fused-ring (bicyclic) bond motifs is 1. The minimum atomic E-state index is -0.740. The van der Waals surface area contributed by atoms with Crippen molar-refractivity contribution in [1.29, 1.82) is 0 Å². The van der Waals surface area contributed by atoms with Gasteiger partial charge >= 0.3 is 6.03 Å². The summed E-state index contributed by atoms with van der Waals surface area (Å²) in [5.41, 5.74) is 0.281. The van der Waals surface area contributed by atoms with E-state index in [1.807, 2.05) is 27.7 Å². The number of hydrogen-bond donors (Lipinski definition) is 3. The standard InChI is InChI=1S/C27H42FN5O4/c1-7-13-30-26(36)33-15-21(37-16-18-8-10-19(28)11-9-18)22-20(33)12-14-32(22)25(35)23(27(3,4)5)31-24(34)17(2)29-6/h8-11,17,20-23,29H,7,12-16H2,1-6H3,(H,30,36)(H,31,34). The number of nitrogens with one attached hydrogen (secondary N) is 3. The van der Waals surface area contributed by atoms with E-state index in [1.54, 1.807) is 35.9 Å². The van der Waals surface area contributed by atoms with Crippen molar-refractivity contribution in [3.8, 4) is 0 Å². The highest BCUT2D eigenvalue weighted by atomic mass is 19.1. The zero-order valence-electron chi connectivity index (χ0n) is 22.8.